The van der Waals surface area contributed by atoms with E-state index in [-0.39, 0.29) is 6.42 Å². The maximum atomic E-state index is 10.8. The Morgan fingerprint density at radius 3 is 2.88 bits per heavy atom. The Balaban J connectivity index is 2.47. The number of aromatic nitrogens is 2. The molecular weight excluding hydrogens is 216 g/mol. The molecule has 17 heavy (non-hydrogen) atoms. The maximum absolute atomic E-state index is 10.8. The summed E-state index contributed by atoms with van der Waals surface area (Å²) in [6, 6.07) is 7.97. The van der Waals surface area contributed by atoms with Gasteiger partial charge in [-0.25, -0.2) is 0 Å². The summed E-state index contributed by atoms with van der Waals surface area (Å²) in [4.78, 5) is 10.8. The van der Waals surface area contributed by atoms with E-state index in [1.54, 1.807) is 11.7 Å². The summed E-state index contributed by atoms with van der Waals surface area (Å²) in [7, 11) is 1.80. The van der Waals surface area contributed by atoms with Gasteiger partial charge in [-0.15, -0.1) is 0 Å². The summed E-state index contributed by atoms with van der Waals surface area (Å²) in [5, 5.41) is 13.0. The van der Waals surface area contributed by atoms with Gasteiger partial charge >= 0.3 is 5.97 Å². The molecule has 0 aliphatic heterocycles. The highest BCUT2D eigenvalue weighted by molar-refractivity contribution is 5.75. The number of aryl methyl sites for hydroxylation is 2. The van der Waals surface area contributed by atoms with Gasteiger partial charge in [-0.3, -0.25) is 9.48 Å². The minimum Gasteiger partial charge on any atom is -0.481 e. The number of carboxylic acids is 1. The standard InChI is InChI=1S/C13H14N2O2/c1-9-4-3-5-10(6-9)11-8-15(2)14-12(11)7-13(16)17/h3-6,8H,7H2,1-2H3,(H,16,17). The van der Waals surface area contributed by atoms with Crippen molar-refractivity contribution in [2.45, 2.75) is 13.3 Å². The van der Waals surface area contributed by atoms with Gasteiger partial charge in [0.1, 0.15) is 0 Å². The number of nitrogens with zero attached hydrogens (tertiary/aromatic N) is 2. The normalized spacial score (nSPS) is 10.5. The molecule has 88 valence electrons. The van der Waals surface area contributed by atoms with Crippen LogP contribution in [-0.2, 0) is 18.3 Å². The minimum atomic E-state index is -0.863. The van der Waals surface area contributed by atoms with Crippen molar-refractivity contribution in [3.63, 3.8) is 0 Å². The van der Waals surface area contributed by atoms with Crippen LogP contribution in [0.2, 0.25) is 0 Å². The molecular formula is C13H14N2O2. The minimum absolute atomic E-state index is 0.0515. The average Bonchev–Trinajstić information content (AvgIpc) is 2.58. The number of benzene rings is 1. The largest absolute Gasteiger partial charge is 0.481 e. The Morgan fingerprint density at radius 1 is 1.47 bits per heavy atom. The number of carboxylic acid groups (broad SMARTS) is 1. The van der Waals surface area contributed by atoms with Crippen LogP contribution in [0, 0.1) is 6.92 Å². The molecule has 4 heteroatoms. The number of rotatable bonds is 3. The van der Waals surface area contributed by atoms with Crippen molar-refractivity contribution in [1.29, 1.82) is 0 Å². The van der Waals surface area contributed by atoms with Crippen molar-refractivity contribution in [3.8, 4) is 11.1 Å². The zero-order valence-corrected chi connectivity index (χ0v) is 9.84. The van der Waals surface area contributed by atoms with Gasteiger partial charge in [-0.1, -0.05) is 29.8 Å². The molecule has 4 nitrogen and oxygen atoms in total. The number of hydrogen-bond acceptors (Lipinski definition) is 2. The van der Waals surface area contributed by atoms with Crippen molar-refractivity contribution < 1.29 is 9.90 Å². The summed E-state index contributed by atoms with van der Waals surface area (Å²) < 4.78 is 1.65. The van der Waals surface area contributed by atoms with Gasteiger partial charge in [0.25, 0.3) is 0 Å². The number of carbonyl (C=O) groups is 1. The number of aliphatic carboxylic acids is 1. The van der Waals surface area contributed by atoms with Crippen molar-refractivity contribution in [2.75, 3.05) is 0 Å². The lowest BCUT2D eigenvalue weighted by atomic mass is 10.0. The van der Waals surface area contributed by atoms with E-state index >= 15 is 0 Å². The van der Waals surface area contributed by atoms with E-state index in [1.165, 1.54) is 0 Å². The van der Waals surface area contributed by atoms with Crippen LogP contribution in [-0.4, -0.2) is 20.9 Å². The molecule has 0 atom stereocenters. The SMILES string of the molecule is Cc1cccc(-c2cn(C)nc2CC(=O)O)c1. The first kappa shape index (κ1) is 11.4. The Bertz CT molecular complexity index is 558. The molecule has 1 N–H and O–H groups in total. The highest BCUT2D eigenvalue weighted by atomic mass is 16.4. The quantitative estimate of drug-likeness (QED) is 0.877. The van der Waals surface area contributed by atoms with Crippen LogP contribution in [0.15, 0.2) is 30.5 Å². The Morgan fingerprint density at radius 2 is 2.24 bits per heavy atom. The molecule has 1 aromatic carbocycles. The molecule has 0 radical (unpaired) electrons. The van der Waals surface area contributed by atoms with Crippen LogP contribution in [0.1, 0.15) is 11.3 Å². The monoisotopic (exact) mass is 230 g/mol. The highest BCUT2D eigenvalue weighted by Gasteiger charge is 2.12. The lowest BCUT2D eigenvalue weighted by Gasteiger charge is -2.01. The van der Waals surface area contributed by atoms with Crippen LogP contribution in [0.5, 0.6) is 0 Å². The molecule has 0 saturated heterocycles. The Kier molecular flexibility index (Phi) is 2.95. The molecule has 0 aliphatic rings. The molecule has 2 rings (SSSR count). The third-order valence-corrected chi connectivity index (χ3v) is 2.55. The summed E-state index contributed by atoms with van der Waals surface area (Å²) in [6.45, 7) is 2.01. The van der Waals surface area contributed by atoms with Crippen LogP contribution < -0.4 is 0 Å². The first-order valence-corrected chi connectivity index (χ1v) is 5.37. The van der Waals surface area contributed by atoms with Gasteiger partial charge in [0, 0.05) is 18.8 Å². The lowest BCUT2D eigenvalue weighted by molar-refractivity contribution is -0.136. The molecule has 0 saturated carbocycles. The molecule has 1 heterocycles. The smallest absolute Gasteiger partial charge is 0.309 e. The fraction of sp³-hybridized carbons (Fsp3) is 0.231. The third-order valence-electron chi connectivity index (χ3n) is 2.55. The third kappa shape index (κ3) is 2.53. The lowest BCUT2D eigenvalue weighted by Crippen LogP contribution is -2.02. The van der Waals surface area contributed by atoms with E-state index in [0.717, 1.165) is 16.7 Å². The fourth-order valence-corrected chi connectivity index (χ4v) is 1.86. The summed E-state index contributed by atoms with van der Waals surface area (Å²) >= 11 is 0. The average molecular weight is 230 g/mol. The van der Waals surface area contributed by atoms with Gasteiger partial charge in [0.05, 0.1) is 12.1 Å². The van der Waals surface area contributed by atoms with E-state index in [2.05, 4.69) is 5.10 Å². The Hall–Kier alpha value is -2.10. The van der Waals surface area contributed by atoms with E-state index in [9.17, 15) is 4.79 Å². The molecule has 0 amide bonds. The molecule has 0 spiro atoms. The number of hydrogen-bond donors (Lipinski definition) is 1. The second-order valence-corrected chi connectivity index (χ2v) is 4.10. The maximum Gasteiger partial charge on any atom is 0.309 e. The predicted molar refractivity (Wildman–Crippen MR) is 64.7 cm³/mol. The van der Waals surface area contributed by atoms with E-state index in [1.807, 2.05) is 37.4 Å². The zero-order valence-electron chi connectivity index (χ0n) is 9.84. The van der Waals surface area contributed by atoms with Gasteiger partial charge in [-0.2, -0.15) is 5.10 Å². The molecule has 0 unspecified atom stereocenters. The van der Waals surface area contributed by atoms with Crippen molar-refractivity contribution in [1.82, 2.24) is 9.78 Å². The van der Waals surface area contributed by atoms with Crippen LogP contribution in [0.3, 0.4) is 0 Å². The first-order chi connectivity index (χ1) is 8.06. The van der Waals surface area contributed by atoms with Crippen molar-refractivity contribution in [2.24, 2.45) is 7.05 Å². The van der Waals surface area contributed by atoms with E-state index in [0.29, 0.717) is 5.69 Å². The van der Waals surface area contributed by atoms with E-state index < -0.39 is 5.97 Å². The molecule has 1 aromatic heterocycles. The molecule has 0 bridgehead atoms. The molecule has 0 fully saturated rings. The van der Waals surface area contributed by atoms with Crippen LogP contribution in [0.25, 0.3) is 11.1 Å². The second-order valence-electron chi connectivity index (χ2n) is 4.10. The first-order valence-electron chi connectivity index (χ1n) is 5.37. The molecule has 0 aliphatic carbocycles. The van der Waals surface area contributed by atoms with E-state index in [4.69, 9.17) is 5.11 Å². The van der Waals surface area contributed by atoms with Gasteiger partial charge < -0.3 is 5.11 Å². The fourth-order valence-electron chi connectivity index (χ4n) is 1.86. The van der Waals surface area contributed by atoms with Crippen LogP contribution in [0.4, 0.5) is 0 Å². The Labute approximate surface area is 99.5 Å². The van der Waals surface area contributed by atoms with Gasteiger partial charge in [0.15, 0.2) is 0 Å². The zero-order chi connectivity index (χ0) is 12.4. The van der Waals surface area contributed by atoms with Crippen molar-refractivity contribution >= 4 is 5.97 Å². The summed E-state index contributed by atoms with van der Waals surface area (Å²) in [6.07, 6.45) is 1.80. The topological polar surface area (TPSA) is 55.1 Å². The highest BCUT2D eigenvalue weighted by Crippen LogP contribution is 2.23. The summed E-state index contributed by atoms with van der Waals surface area (Å²) in [5.41, 5.74) is 3.64. The second kappa shape index (κ2) is 4.41. The van der Waals surface area contributed by atoms with Crippen LogP contribution >= 0.6 is 0 Å². The van der Waals surface area contributed by atoms with Gasteiger partial charge in [0.2, 0.25) is 0 Å². The summed E-state index contributed by atoms with van der Waals surface area (Å²) in [5.74, 6) is -0.863. The van der Waals surface area contributed by atoms with Gasteiger partial charge in [-0.05, 0) is 12.5 Å². The molecule has 2 aromatic rings. The predicted octanol–water partition coefficient (Wildman–Crippen LogP) is 2.02. The van der Waals surface area contributed by atoms with Crippen molar-refractivity contribution in [3.05, 3.63) is 41.7 Å².